The highest BCUT2D eigenvalue weighted by atomic mass is 35.5. The number of rotatable bonds is 7. The molecule has 2 heterocycles. The Balaban J connectivity index is 1.85. The second-order valence-corrected chi connectivity index (χ2v) is 9.38. The molecule has 2 aromatic carbocycles. The summed E-state index contributed by atoms with van der Waals surface area (Å²) in [6.45, 7) is 4.14. The van der Waals surface area contributed by atoms with Crippen LogP contribution in [0.4, 0.5) is 5.69 Å². The van der Waals surface area contributed by atoms with Gasteiger partial charge in [0.05, 0.1) is 16.4 Å². The molecular formula is C19H17ClN4O7S. The predicted octanol–water partition coefficient (Wildman–Crippen LogP) is 3.51. The van der Waals surface area contributed by atoms with E-state index in [0.717, 1.165) is 18.2 Å². The summed E-state index contributed by atoms with van der Waals surface area (Å²) in [6.07, 6.45) is 0. The summed E-state index contributed by atoms with van der Waals surface area (Å²) in [7, 11) is -4.39. The Kier molecular flexibility index (Phi) is 5.65. The van der Waals surface area contributed by atoms with Crippen LogP contribution in [0.25, 0.3) is 11.4 Å². The Morgan fingerprint density at radius 1 is 1.22 bits per heavy atom. The van der Waals surface area contributed by atoms with Crippen molar-refractivity contribution < 1.29 is 27.6 Å². The van der Waals surface area contributed by atoms with E-state index in [1.807, 2.05) is 13.8 Å². The molecule has 1 aliphatic rings. The first-order chi connectivity index (χ1) is 15.2. The molecule has 32 heavy (non-hydrogen) atoms. The van der Waals surface area contributed by atoms with Gasteiger partial charge in [0.2, 0.25) is 6.79 Å². The zero-order chi connectivity index (χ0) is 23.0. The van der Waals surface area contributed by atoms with Crippen LogP contribution in [-0.2, 0) is 10.0 Å². The summed E-state index contributed by atoms with van der Waals surface area (Å²) in [4.78, 5) is 14.3. The van der Waals surface area contributed by atoms with Gasteiger partial charge in [-0.15, -0.1) is 4.09 Å². The van der Waals surface area contributed by atoms with E-state index in [-0.39, 0.29) is 41.1 Å². The lowest BCUT2D eigenvalue weighted by atomic mass is 10.2. The van der Waals surface area contributed by atoms with Crippen molar-refractivity contribution in [2.24, 2.45) is 5.92 Å². The van der Waals surface area contributed by atoms with Gasteiger partial charge in [0.1, 0.15) is 5.02 Å². The molecule has 3 aromatic rings. The third-order valence-electron chi connectivity index (χ3n) is 4.38. The highest BCUT2D eigenvalue weighted by Gasteiger charge is 2.29. The number of aromatic nitrogens is 3. The summed E-state index contributed by atoms with van der Waals surface area (Å²) >= 11 is 5.83. The molecule has 0 amide bonds. The molecule has 0 N–H and O–H groups in total. The maximum absolute atomic E-state index is 13.4. The average molecular weight is 481 g/mol. The number of fused-ring (bicyclic) bond motifs is 1. The summed E-state index contributed by atoms with van der Waals surface area (Å²) in [5, 5.41) is 15.1. The molecule has 168 valence electrons. The van der Waals surface area contributed by atoms with E-state index in [9.17, 15) is 18.5 Å². The molecule has 0 fully saturated rings. The molecule has 0 aliphatic carbocycles. The minimum atomic E-state index is -4.39. The number of nitro benzene ring substituents is 1. The van der Waals surface area contributed by atoms with E-state index in [4.69, 9.17) is 25.8 Å². The number of hydrogen-bond acceptors (Lipinski definition) is 9. The molecule has 0 radical (unpaired) electrons. The number of halogens is 1. The molecule has 1 aliphatic heterocycles. The van der Waals surface area contributed by atoms with Gasteiger partial charge in [-0.25, -0.2) is 0 Å². The van der Waals surface area contributed by atoms with E-state index in [1.54, 1.807) is 18.2 Å². The molecule has 13 heteroatoms. The Hall–Kier alpha value is -3.38. The van der Waals surface area contributed by atoms with Gasteiger partial charge in [0.15, 0.2) is 17.3 Å². The van der Waals surface area contributed by atoms with Crippen LogP contribution in [0.5, 0.6) is 17.5 Å². The Morgan fingerprint density at radius 3 is 2.69 bits per heavy atom. The Bertz CT molecular complexity index is 1310. The van der Waals surface area contributed by atoms with Crippen molar-refractivity contribution in [3.63, 3.8) is 0 Å². The van der Waals surface area contributed by atoms with E-state index in [2.05, 4.69) is 10.1 Å². The van der Waals surface area contributed by atoms with Gasteiger partial charge in [-0.1, -0.05) is 30.5 Å². The fourth-order valence-corrected chi connectivity index (χ4v) is 4.29. The van der Waals surface area contributed by atoms with Crippen LogP contribution in [0, 0.1) is 16.0 Å². The van der Waals surface area contributed by atoms with Crippen LogP contribution in [0.15, 0.2) is 41.3 Å². The summed E-state index contributed by atoms with van der Waals surface area (Å²) < 4.78 is 43.6. The minimum absolute atomic E-state index is 0.0426. The molecule has 4 rings (SSSR count). The second-order valence-electron chi connectivity index (χ2n) is 7.21. The Morgan fingerprint density at radius 2 is 1.97 bits per heavy atom. The molecule has 0 saturated heterocycles. The lowest BCUT2D eigenvalue weighted by Crippen LogP contribution is -2.16. The maximum atomic E-state index is 13.4. The fraction of sp³-hybridized carbons (Fsp3) is 0.263. The van der Waals surface area contributed by atoms with Crippen molar-refractivity contribution in [2.75, 3.05) is 13.4 Å². The van der Waals surface area contributed by atoms with Crippen molar-refractivity contribution in [3.05, 3.63) is 51.5 Å². The van der Waals surface area contributed by atoms with Crippen LogP contribution in [0.1, 0.15) is 13.8 Å². The van der Waals surface area contributed by atoms with Gasteiger partial charge < -0.3 is 14.2 Å². The maximum Gasteiger partial charge on any atom is 0.337 e. The summed E-state index contributed by atoms with van der Waals surface area (Å²) in [5.41, 5.74) is -0.179. The number of ether oxygens (including phenoxy) is 3. The lowest BCUT2D eigenvalue weighted by Gasteiger charge is -2.08. The van der Waals surface area contributed by atoms with Gasteiger partial charge in [0, 0.05) is 11.6 Å². The van der Waals surface area contributed by atoms with Crippen molar-refractivity contribution in [1.29, 1.82) is 0 Å². The average Bonchev–Trinajstić information content (AvgIpc) is 3.39. The molecule has 0 spiro atoms. The molecule has 0 unspecified atom stereocenters. The van der Waals surface area contributed by atoms with Crippen LogP contribution in [0.2, 0.25) is 5.02 Å². The largest absolute Gasteiger partial charge is 0.462 e. The van der Waals surface area contributed by atoms with Crippen LogP contribution in [-0.4, -0.2) is 40.9 Å². The highest BCUT2D eigenvalue weighted by Crippen LogP contribution is 2.37. The molecule has 1 aromatic heterocycles. The van der Waals surface area contributed by atoms with E-state index < -0.39 is 20.6 Å². The molecular weight excluding hydrogens is 464 g/mol. The van der Waals surface area contributed by atoms with E-state index in [0.29, 0.717) is 21.1 Å². The van der Waals surface area contributed by atoms with Gasteiger partial charge >= 0.3 is 6.01 Å². The second kappa shape index (κ2) is 8.28. The van der Waals surface area contributed by atoms with Gasteiger partial charge in [-0.2, -0.15) is 13.4 Å². The molecule has 11 nitrogen and oxygen atoms in total. The molecule has 0 atom stereocenters. The number of benzene rings is 2. The Labute approximate surface area is 187 Å². The van der Waals surface area contributed by atoms with Crippen molar-refractivity contribution in [2.45, 2.75) is 18.7 Å². The molecule has 0 bridgehead atoms. The predicted molar refractivity (Wildman–Crippen MR) is 113 cm³/mol. The van der Waals surface area contributed by atoms with E-state index in [1.165, 1.54) is 0 Å². The first kappa shape index (κ1) is 21.8. The lowest BCUT2D eigenvalue weighted by molar-refractivity contribution is -0.384. The quantitative estimate of drug-likeness (QED) is 0.367. The zero-order valence-corrected chi connectivity index (χ0v) is 18.5. The number of nitrogens with zero attached hydrogens (tertiary/aromatic N) is 4. The minimum Gasteiger partial charge on any atom is -0.462 e. The van der Waals surface area contributed by atoms with Crippen molar-refractivity contribution >= 4 is 27.3 Å². The fourth-order valence-electron chi connectivity index (χ4n) is 2.85. The van der Waals surface area contributed by atoms with Crippen LogP contribution in [0.3, 0.4) is 0 Å². The first-order valence-corrected chi connectivity index (χ1v) is 11.2. The summed E-state index contributed by atoms with van der Waals surface area (Å²) in [5.74, 6) is 1.01. The highest BCUT2D eigenvalue weighted by molar-refractivity contribution is 7.90. The third kappa shape index (κ3) is 4.06. The van der Waals surface area contributed by atoms with Gasteiger partial charge in [-0.3, -0.25) is 10.1 Å². The zero-order valence-electron chi connectivity index (χ0n) is 16.9. The smallest absolute Gasteiger partial charge is 0.337 e. The summed E-state index contributed by atoms with van der Waals surface area (Å²) in [6, 6.07) is 7.79. The van der Waals surface area contributed by atoms with Crippen LogP contribution < -0.4 is 14.2 Å². The normalized spacial score (nSPS) is 12.9. The monoisotopic (exact) mass is 480 g/mol. The van der Waals surface area contributed by atoms with Crippen molar-refractivity contribution in [1.82, 2.24) is 14.2 Å². The third-order valence-corrected chi connectivity index (χ3v) is 6.25. The topological polar surface area (TPSA) is 136 Å². The SMILES string of the molecule is CC(C)COc1nc(-c2ccc3c(c2)OCO3)n(S(=O)(=O)c2ccc(Cl)c([N+](=O)[O-])c2)n1. The molecule has 0 saturated carbocycles. The van der Waals surface area contributed by atoms with Gasteiger partial charge in [0.25, 0.3) is 15.7 Å². The standard InChI is InChI=1S/C19H17ClN4O7S/c1-11(2)9-29-19-21-18(12-3-6-16-17(7-12)31-10-30-16)23(22-19)32(27,28)13-4-5-14(20)15(8-13)24(25)26/h3-8,11H,9-10H2,1-2H3. The van der Waals surface area contributed by atoms with Crippen molar-refractivity contribution in [3.8, 4) is 28.9 Å². The van der Waals surface area contributed by atoms with Gasteiger partial charge in [-0.05, 0) is 36.2 Å². The van der Waals surface area contributed by atoms with E-state index >= 15 is 0 Å². The number of hydrogen-bond donors (Lipinski definition) is 0. The first-order valence-electron chi connectivity index (χ1n) is 9.36. The number of nitro groups is 1. The van der Waals surface area contributed by atoms with Crippen LogP contribution >= 0.6 is 11.6 Å².